The minimum Gasteiger partial charge on any atom is -0.378 e. The van der Waals surface area contributed by atoms with Crippen LogP contribution in [0.25, 0.3) is 11.0 Å². The van der Waals surface area contributed by atoms with Gasteiger partial charge in [0, 0.05) is 31.4 Å². The molecule has 140 valence electrons. The van der Waals surface area contributed by atoms with Crippen molar-refractivity contribution in [1.82, 2.24) is 14.9 Å². The molecule has 2 aromatic carbocycles. The molecule has 0 saturated carbocycles. The van der Waals surface area contributed by atoms with E-state index in [1.807, 2.05) is 36.7 Å². The number of aryl methyl sites for hydroxylation is 1. The average Bonchev–Trinajstić information content (AvgIpc) is 3.09. The van der Waals surface area contributed by atoms with Gasteiger partial charge in [0.05, 0.1) is 36.6 Å². The summed E-state index contributed by atoms with van der Waals surface area (Å²) in [5, 5.41) is 3.08. The summed E-state index contributed by atoms with van der Waals surface area (Å²) in [5.41, 5.74) is 4.74. The Morgan fingerprint density at radius 2 is 1.89 bits per heavy atom. The molecule has 6 nitrogen and oxygen atoms in total. The van der Waals surface area contributed by atoms with E-state index in [4.69, 9.17) is 4.74 Å². The quantitative estimate of drug-likeness (QED) is 0.773. The highest BCUT2D eigenvalue weighted by molar-refractivity contribution is 5.97. The first-order valence-electron chi connectivity index (χ1n) is 9.26. The zero-order valence-corrected chi connectivity index (χ0v) is 15.7. The Balaban J connectivity index is 1.44. The standard InChI is InChI=1S/C21H24N4O2/c1-15(16-3-6-18(7-4-16)25-9-11-27-12-10-25)23-21(26)17-5-8-20-19(13-17)22-14-24(20)2/h3-8,13-15H,9-12H2,1-2H3,(H,23,26)/t15-/m0/s1. The highest BCUT2D eigenvalue weighted by Crippen LogP contribution is 2.21. The lowest BCUT2D eigenvalue weighted by Crippen LogP contribution is -2.36. The lowest BCUT2D eigenvalue weighted by Gasteiger charge is -2.29. The maximum Gasteiger partial charge on any atom is 0.251 e. The molecule has 6 heteroatoms. The van der Waals surface area contributed by atoms with E-state index in [0.29, 0.717) is 5.56 Å². The van der Waals surface area contributed by atoms with Gasteiger partial charge in [-0.25, -0.2) is 4.98 Å². The number of nitrogens with one attached hydrogen (secondary N) is 1. The van der Waals surface area contributed by atoms with Crippen molar-refractivity contribution in [1.29, 1.82) is 0 Å². The van der Waals surface area contributed by atoms with Crippen LogP contribution in [0.4, 0.5) is 5.69 Å². The lowest BCUT2D eigenvalue weighted by molar-refractivity contribution is 0.0940. The zero-order valence-electron chi connectivity index (χ0n) is 15.7. The number of amides is 1. The number of carbonyl (C=O) groups is 1. The molecule has 1 atom stereocenters. The summed E-state index contributed by atoms with van der Waals surface area (Å²) in [6.07, 6.45) is 1.75. The molecule has 1 aliphatic rings. The first-order valence-corrected chi connectivity index (χ1v) is 9.26. The first-order chi connectivity index (χ1) is 13.1. The average molecular weight is 364 g/mol. The third-order valence-electron chi connectivity index (χ3n) is 5.10. The molecule has 1 fully saturated rings. The molecule has 1 N–H and O–H groups in total. The Labute approximate surface area is 158 Å². The van der Waals surface area contributed by atoms with E-state index < -0.39 is 0 Å². The summed E-state index contributed by atoms with van der Waals surface area (Å²) in [4.78, 5) is 19.3. The van der Waals surface area contributed by atoms with Crippen molar-refractivity contribution in [3.63, 3.8) is 0 Å². The van der Waals surface area contributed by atoms with E-state index in [9.17, 15) is 4.79 Å². The van der Waals surface area contributed by atoms with Crippen LogP contribution >= 0.6 is 0 Å². The molecule has 0 spiro atoms. The number of ether oxygens (including phenoxy) is 1. The van der Waals surface area contributed by atoms with Crippen LogP contribution in [0.1, 0.15) is 28.9 Å². The molecule has 1 aliphatic heterocycles. The fraction of sp³-hybridized carbons (Fsp3) is 0.333. The number of fused-ring (bicyclic) bond motifs is 1. The van der Waals surface area contributed by atoms with Crippen molar-refractivity contribution < 1.29 is 9.53 Å². The van der Waals surface area contributed by atoms with Crippen LogP contribution in [0.3, 0.4) is 0 Å². The van der Waals surface area contributed by atoms with E-state index in [2.05, 4.69) is 39.5 Å². The number of aromatic nitrogens is 2. The predicted molar refractivity (Wildman–Crippen MR) is 106 cm³/mol. The predicted octanol–water partition coefficient (Wildman–Crippen LogP) is 2.90. The largest absolute Gasteiger partial charge is 0.378 e. The van der Waals surface area contributed by atoms with Gasteiger partial charge in [-0.2, -0.15) is 0 Å². The summed E-state index contributed by atoms with van der Waals surface area (Å²) < 4.78 is 7.34. The van der Waals surface area contributed by atoms with Gasteiger partial charge in [0.2, 0.25) is 0 Å². The van der Waals surface area contributed by atoms with Gasteiger partial charge in [-0.05, 0) is 42.8 Å². The van der Waals surface area contributed by atoms with Crippen molar-refractivity contribution in [2.75, 3.05) is 31.2 Å². The highest BCUT2D eigenvalue weighted by atomic mass is 16.5. The summed E-state index contributed by atoms with van der Waals surface area (Å²) in [5.74, 6) is -0.0905. The number of hydrogen-bond acceptors (Lipinski definition) is 4. The lowest BCUT2D eigenvalue weighted by atomic mass is 10.1. The van der Waals surface area contributed by atoms with Crippen LogP contribution in [-0.4, -0.2) is 41.8 Å². The maximum absolute atomic E-state index is 12.6. The van der Waals surface area contributed by atoms with Gasteiger partial charge >= 0.3 is 0 Å². The third-order valence-corrected chi connectivity index (χ3v) is 5.10. The second-order valence-corrected chi connectivity index (χ2v) is 6.95. The number of benzene rings is 2. The van der Waals surface area contributed by atoms with Gasteiger partial charge in [0.25, 0.3) is 5.91 Å². The first kappa shape index (κ1) is 17.5. The summed E-state index contributed by atoms with van der Waals surface area (Å²) in [6, 6.07) is 13.9. The molecule has 1 aromatic heterocycles. The van der Waals surface area contributed by atoms with E-state index in [1.54, 1.807) is 6.33 Å². The molecule has 0 unspecified atom stereocenters. The van der Waals surface area contributed by atoms with E-state index in [1.165, 1.54) is 5.69 Å². The number of imidazole rings is 1. The maximum atomic E-state index is 12.6. The molecule has 3 aromatic rings. The molecule has 2 heterocycles. The molecule has 1 saturated heterocycles. The molecule has 1 amide bonds. The van der Waals surface area contributed by atoms with Gasteiger partial charge in [0.15, 0.2) is 0 Å². The second-order valence-electron chi connectivity index (χ2n) is 6.95. The van der Waals surface area contributed by atoms with Crippen LogP contribution < -0.4 is 10.2 Å². The summed E-state index contributed by atoms with van der Waals surface area (Å²) in [7, 11) is 1.94. The Bertz CT molecular complexity index is 942. The Morgan fingerprint density at radius 1 is 1.15 bits per heavy atom. The Hall–Kier alpha value is -2.86. The Kier molecular flexibility index (Phi) is 4.81. The number of carbonyl (C=O) groups excluding carboxylic acids is 1. The van der Waals surface area contributed by atoms with Gasteiger partial charge in [0.1, 0.15) is 0 Å². The topological polar surface area (TPSA) is 59.4 Å². The molecule has 4 rings (SSSR count). The van der Waals surface area contributed by atoms with Crippen molar-refractivity contribution in [2.45, 2.75) is 13.0 Å². The number of anilines is 1. The van der Waals surface area contributed by atoms with Crippen molar-refractivity contribution in [2.24, 2.45) is 7.05 Å². The van der Waals surface area contributed by atoms with E-state index in [0.717, 1.165) is 42.9 Å². The molecule has 0 bridgehead atoms. The number of morpholine rings is 1. The minimum atomic E-state index is -0.0905. The third kappa shape index (κ3) is 3.66. The van der Waals surface area contributed by atoms with Gasteiger partial charge in [-0.1, -0.05) is 12.1 Å². The zero-order chi connectivity index (χ0) is 18.8. The Morgan fingerprint density at radius 3 is 2.63 bits per heavy atom. The van der Waals surface area contributed by atoms with E-state index >= 15 is 0 Å². The monoisotopic (exact) mass is 364 g/mol. The van der Waals surface area contributed by atoms with Gasteiger partial charge in [-0.15, -0.1) is 0 Å². The van der Waals surface area contributed by atoms with E-state index in [-0.39, 0.29) is 11.9 Å². The minimum absolute atomic E-state index is 0.0735. The molecular formula is C21H24N4O2. The number of rotatable bonds is 4. The van der Waals surface area contributed by atoms with Crippen LogP contribution in [0, 0.1) is 0 Å². The molecule has 0 radical (unpaired) electrons. The second kappa shape index (κ2) is 7.40. The van der Waals surface area contributed by atoms with Crippen molar-refractivity contribution in [3.8, 4) is 0 Å². The molecule has 27 heavy (non-hydrogen) atoms. The van der Waals surface area contributed by atoms with Crippen molar-refractivity contribution in [3.05, 3.63) is 59.9 Å². The van der Waals surface area contributed by atoms with Crippen LogP contribution in [0.5, 0.6) is 0 Å². The van der Waals surface area contributed by atoms with Crippen LogP contribution in [-0.2, 0) is 11.8 Å². The van der Waals surface area contributed by atoms with Gasteiger partial charge in [-0.3, -0.25) is 4.79 Å². The van der Waals surface area contributed by atoms with Gasteiger partial charge < -0.3 is 19.5 Å². The number of nitrogens with zero attached hydrogens (tertiary/aromatic N) is 3. The SMILES string of the molecule is C[C@H](NC(=O)c1ccc2c(c1)ncn2C)c1ccc(N2CCOCC2)cc1. The smallest absolute Gasteiger partial charge is 0.251 e. The normalized spacial score (nSPS) is 15.7. The molecular weight excluding hydrogens is 340 g/mol. The van der Waals surface area contributed by atoms with Crippen LogP contribution in [0.2, 0.25) is 0 Å². The number of hydrogen-bond donors (Lipinski definition) is 1. The van der Waals surface area contributed by atoms with Crippen LogP contribution in [0.15, 0.2) is 48.8 Å². The fourth-order valence-electron chi connectivity index (χ4n) is 3.44. The summed E-state index contributed by atoms with van der Waals surface area (Å²) >= 11 is 0. The fourth-order valence-corrected chi connectivity index (χ4v) is 3.44. The molecule has 0 aliphatic carbocycles. The van der Waals surface area contributed by atoms with Crippen molar-refractivity contribution >= 4 is 22.6 Å². The highest BCUT2D eigenvalue weighted by Gasteiger charge is 2.15. The summed E-state index contributed by atoms with van der Waals surface area (Å²) in [6.45, 7) is 5.38.